The van der Waals surface area contributed by atoms with E-state index in [1.165, 1.54) is 4.31 Å². The van der Waals surface area contributed by atoms with E-state index in [-0.39, 0.29) is 23.9 Å². The standard InChI is InChI=1S/C22H28N2O4S/c1-16-14-17(2)18(3)21(15-16)28-19(4)22(25)23-10-12-24(13-11-23)29(26,27)20-8-6-5-7-9-20/h5-9,14-15,19H,10-13H2,1-4H3/t19-/m1/s1. The molecule has 1 aliphatic heterocycles. The fraction of sp³-hybridized carbons (Fsp3) is 0.409. The summed E-state index contributed by atoms with van der Waals surface area (Å²) in [5.74, 6) is 0.592. The van der Waals surface area contributed by atoms with E-state index in [1.54, 1.807) is 42.2 Å². The molecule has 156 valence electrons. The minimum Gasteiger partial charge on any atom is -0.481 e. The fourth-order valence-corrected chi connectivity index (χ4v) is 4.95. The van der Waals surface area contributed by atoms with Crippen LogP contribution in [0.2, 0.25) is 0 Å². The number of hydrogen-bond donors (Lipinski definition) is 0. The smallest absolute Gasteiger partial charge is 0.263 e. The Morgan fingerprint density at radius 3 is 2.24 bits per heavy atom. The van der Waals surface area contributed by atoms with Gasteiger partial charge in [-0.15, -0.1) is 0 Å². The van der Waals surface area contributed by atoms with Gasteiger partial charge in [-0.1, -0.05) is 24.3 Å². The molecule has 1 amide bonds. The molecule has 2 aromatic rings. The molecule has 1 saturated heterocycles. The molecule has 7 heteroatoms. The molecule has 0 aromatic heterocycles. The van der Waals surface area contributed by atoms with Crippen LogP contribution in [-0.4, -0.2) is 55.8 Å². The number of aryl methyl sites for hydroxylation is 2. The highest BCUT2D eigenvalue weighted by atomic mass is 32.2. The topological polar surface area (TPSA) is 66.9 Å². The van der Waals surface area contributed by atoms with Crippen molar-refractivity contribution in [3.63, 3.8) is 0 Å². The Balaban J connectivity index is 1.63. The number of nitrogens with zero attached hydrogens (tertiary/aromatic N) is 2. The van der Waals surface area contributed by atoms with Gasteiger partial charge >= 0.3 is 0 Å². The summed E-state index contributed by atoms with van der Waals surface area (Å²) in [5, 5.41) is 0. The molecular formula is C22H28N2O4S. The first kappa shape index (κ1) is 21.3. The Kier molecular flexibility index (Phi) is 6.29. The van der Waals surface area contributed by atoms with Gasteiger partial charge in [0.05, 0.1) is 4.90 Å². The van der Waals surface area contributed by atoms with Crippen LogP contribution in [0.1, 0.15) is 23.6 Å². The largest absolute Gasteiger partial charge is 0.481 e. The van der Waals surface area contributed by atoms with E-state index >= 15 is 0 Å². The second kappa shape index (κ2) is 8.55. The van der Waals surface area contributed by atoms with Crippen LogP contribution in [0.25, 0.3) is 0 Å². The van der Waals surface area contributed by atoms with E-state index in [9.17, 15) is 13.2 Å². The highest BCUT2D eigenvalue weighted by molar-refractivity contribution is 7.89. The zero-order valence-electron chi connectivity index (χ0n) is 17.4. The monoisotopic (exact) mass is 416 g/mol. The predicted molar refractivity (Wildman–Crippen MR) is 113 cm³/mol. The Morgan fingerprint density at radius 1 is 1.00 bits per heavy atom. The van der Waals surface area contributed by atoms with Crippen LogP contribution in [0.3, 0.4) is 0 Å². The Hall–Kier alpha value is -2.38. The van der Waals surface area contributed by atoms with Gasteiger partial charge in [-0.3, -0.25) is 4.79 Å². The van der Waals surface area contributed by atoms with E-state index < -0.39 is 16.1 Å². The number of carbonyl (C=O) groups is 1. The van der Waals surface area contributed by atoms with Crippen molar-refractivity contribution in [1.82, 2.24) is 9.21 Å². The third-order valence-corrected chi connectivity index (χ3v) is 7.26. The molecule has 1 atom stereocenters. The number of sulfonamides is 1. The summed E-state index contributed by atoms with van der Waals surface area (Å²) >= 11 is 0. The molecule has 1 aliphatic rings. The number of hydrogen-bond acceptors (Lipinski definition) is 4. The van der Waals surface area contributed by atoms with Crippen LogP contribution in [-0.2, 0) is 14.8 Å². The minimum atomic E-state index is -3.53. The zero-order chi connectivity index (χ0) is 21.2. The summed E-state index contributed by atoms with van der Waals surface area (Å²) in [6, 6.07) is 12.4. The molecule has 3 rings (SSSR count). The summed E-state index contributed by atoms with van der Waals surface area (Å²) in [6.45, 7) is 9.00. The van der Waals surface area contributed by atoms with Crippen molar-refractivity contribution in [2.24, 2.45) is 0 Å². The summed E-state index contributed by atoms with van der Waals surface area (Å²) < 4.78 is 32.9. The molecule has 0 saturated carbocycles. The number of ether oxygens (including phenoxy) is 1. The highest BCUT2D eigenvalue weighted by Gasteiger charge is 2.32. The molecular weight excluding hydrogens is 388 g/mol. The molecule has 1 fully saturated rings. The molecule has 1 heterocycles. The van der Waals surface area contributed by atoms with Gasteiger partial charge in [-0.25, -0.2) is 8.42 Å². The van der Waals surface area contributed by atoms with Gasteiger partial charge in [0.25, 0.3) is 5.91 Å². The predicted octanol–water partition coefficient (Wildman–Crippen LogP) is 2.91. The van der Waals surface area contributed by atoms with Crippen LogP contribution in [0.4, 0.5) is 0 Å². The van der Waals surface area contributed by atoms with Crippen molar-refractivity contribution in [3.8, 4) is 5.75 Å². The van der Waals surface area contributed by atoms with Crippen LogP contribution in [0.5, 0.6) is 5.75 Å². The van der Waals surface area contributed by atoms with E-state index in [1.807, 2.05) is 26.8 Å². The molecule has 0 unspecified atom stereocenters. The molecule has 0 radical (unpaired) electrons. The van der Waals surface area contributed by atoms with Crippen molar-refractivity contribution < 1.29 is 17.9 Å². The summed E-state index contributed by atoms with van der Waals surface area (Å²) in [6.07, 6.45) is -0.632. The van der Waals surface area contributed by atoms with Crippen LogP contribution < -0.4 is 4.74 Å². The first-order valence-electron chi connectivity index (χ1n) is 9.78. The molecule has 0 N–H and O–H groups in total. The third-order valence-electron chi connectivity index (χ3n) is 5.35. The van der Waals surface area contributed by atoms with E-state index in [2.05, 4.69) is 6.07 Å². The second-order valence-corrected chi connectivity index (χ2v) is 9.45. The SMILES string of the molecule is Cc1cc(C)c(C)c(O[C@H](C)C(=O)N2CCN(S(=O)(=O)c3ccccc3)CC2)c1. The lowest BCUT2D eigenvalue weighted by Crippen LogP contribution is -2.53. The van der Waals surface area contributed by atoms with Gasteiger partial charge in [0.15, 0.2) is 6.10 Å². The lowest BCUT2D eigenvalue weighted by atomic mass is 10.1. The maximum Gasteiger partial charge on any atom is 0.263 e. The molecule has 0 aliphatic carbocycles. The first-order chi connectivity index (χ1) is 13.7. The Morgan fingerprint density at radius 2 is 1.62 bits per heavy atom. The number of carbonyl (C=O) groups excluding carboxylic acids is 1. The lowest BCUT2D eigenvalue weighted by Gasteiger charge is -2.35. The summed E-state index contributed by atoms with van der Waals surface area (Å²) in [7, 11) is -3.53. The number of benzene rings is 2. The fourth-order valence-electron chi connectivity index (χ4n) is 3.51. The lowest BCUT2D eigenvalue weighted by molar-refractivity contribution is -0.139. The van der Waals surface area contributed by atoms with Gasteiger partial charge in [0.2, 0.25) is 10.0 Å². The first-order valence-corrected chi connectivity index (χ1v) is 11.2. The molecule has 6 nitrogen and oxygen atoms in total. The average Bonchev–Trinajstić information content (AvgIpc) is 2.71. The molecule has 29 heavy (non-hydrogen) atoms. The summed E-state index contributed by atoms with van der Waals surface area (Å²) in [4.78, 5) is 14.8. The van der Waals surface area contributed by atoms with Gasteiger partial charge in [0.1, 0.15) is 5.75 Å². The number of amides is 1. The van der Waals surface area contributed by atoms with Crippen molar-refractivity contribution in [3.05, 3.63) is 59.2 Å². The zero-order valence-corrected chi connectivity index (χ0v) is 18.2. The van der Waals surface area contributed by atoms with Crippen LogP contribution >= 0.6 is 0 Å². The van der Waals surface area contributed by atoms with Gasteiger partial charge < -0.3 is 9.64 Å². The maximum atomic E-state index is 12.8. The highest BCUT2D eigenvalue weighted by Crippen LogP contribution is 2.25. The van der Waals surface area contributed by atoms with Crippen molar-refractivity contribution in [2.75, 3.05) is 26.2 Å². The van der Waals surface area contributed by atoms with Crippen LogP contribution in [0, 0.1) is 20.8 Å². The quantitative estimate of drug-likeness (QED) is 0.752. The molecule has 0 spiro atoms. The van der Waals surface area contributed by atoms with Gasteiger partial charge in [-0.2, -0.15) is 4.31 Å². The van der Waals surface area contributed by atoms with E-state index in [4.69, 9.17) is 4.74 Å². The molecule has 0 bridgehead atoms. The van der Waals surface area contributed by atoms with Crippen LogP contribution in [0.15, 0.2) is 47.4 Å². The Bertz CT molecular complexity index is 981. The normalized spacial score (nSPS) is 16.5. The van der Waals surface area contributed by atoms with Gasteiger partial charge in [-0.05, 0) is 62.6 Å². The van der Waals surface area contributed by atoms with Crippen molar-refractivity contribution in [1.29, 1.82) is 0 Å². The Labute approximate surface area is 173 Å². The van der Waals surface area contributed by atoms with Gasteiger partial charge in [0, 0.05) is 26.2 Å². The maximum absolute atomic E-state index is 12.8. The van der Waals surface area contributed by atoms with E-state index in [0.717, 1.165) is 16.7 Å². The van der Waals surface area contributed by atoms with Crippen molar-refractivity contribution >= 4 is 15.9 Å². The average molecular weight is 417 g/mol. The van der Waals surface area contributed by atoms with Crippen molar-refractivity contribution in [2.45, 2.75) is 38.7 Å². The number of piperazine rings is 1. The second-order valence-electron chi connectivity index (χ2n) is 7.51. The summed E-state index contributed by atoms with van der Waals surface area (Å²) in [5.41, 5.74) is 3.23. The van der Waals surface area contributed by atoms with E-state index in [0.29, 0.717) is 18.8 Å². The number of rotatable bonds is 5. The molecule has 2 aromatic carbocycles. The minimum absolute atomic E-state index is 0.125. The third kappa shape index (κ3) is 4.62.